The van der Waals surface area contributed by atoms with Crippen molar-refractivity contribution in [2.45, 2.75) is 52.7 Å². The number of ether oxygens (including phenoxy) is 1. The lowest BCUT2D eigenvalue weighted by atomic mass is 10.1. The van der Waals surface area contributed by atoms with Crippen molar-refractivity contribution in [2.75, 3.05) is 24.2 Å². The second-order valence-electron chi connectivity index (χ2n) is 8.50. The van der Waals surface area contributed by atoms with Crippen LogP contribution in [-0.2, 0) is 32.6 Å². The van der Waals surface area contributed by atoms with Gasteiger partial charge in [0.25, 0.3) is 0 Å². The van der Waals surface area contributed by atoms with Gasteiger partial charge in [-0.1, -0.05) is 31.2 Å². The van der Waals surface area contributed by atoms with Gasteiger partial charge >= 0.3 is 0 Å². The van der Waals surface area contributed by atoms with Gasteiger partial charge in [-0.15, -0.1) is 0 Å². The summed E-state index contributed by atoms with van der Waals surface area (Å²) in [6.07, 6.45) is 1.88. The van der Waals surface area contributed by atoms with Gasteiger partial charge in [0.1, 0.15) is 18.3 Å². The molecule has 0 bridgehead atoms. The Labute approximate surface area is 202 Å². The highest BCUT2D eigenvalue weighted by Crippen LogP contribution is 2.21. The molecule has 8 nitrogen and oxygen atoms in total. The van der Waals surface area contributed by atoms with E-state index in [0.29, 0.717) is 11.4 Å². The minimum Gasteiger partial charge on any atom is -0.497 e. The average molecular weight is 490 g/mol. The number of amides is 2. The maximum Gasteiger partial charge on any atom is 0.244 e. The Bertz CT molecular complexity index is 1080. The van der Waals surface area contributed by atoms with E-state index < -0.39 is 28.5 Å². The predicted molar refractivity (Wildman–Crippen MR) is 134 cm³/mol. The van der Waals surface area contributed by atoms with Crippen molar-refractivity contribution in [1.82, 2.24) is 10.2 Å². The number of hydrogen-bond acceptors (Lipinski definition) is 5. The standard InChI is InChI=1S/C25H35N3O5S/c1-7-20-11-13-22(14-12-20)28(34(6,31)32)17-24(29)27(19(4)25(30)26-18(2)3)16-21-9-8-10-23(15-21)33-5/h8-15,18-19H,7,16-17H2,1-6H3,(H,26,30)/t19-/m0/s1. The molecule has 0 heterocycles. The maximum atomic E-state index is 13.5. The molecule has 1 atom stereocenters. The number of hydrogen-bond donors (Lipinski definition) is 1. The molecule has 1 N–H and O–H groups in total. The summed E-state index contributed by atoms with van der Waals surface area (Å²) in [5.41, 5.74) is 2.21. The summed E-state index contributed by atoms with van der Waals surface area (Å²) in [6, 6.07) is 13.3. The zero-order chi connectivity index (χ0) is 25.5. The molecule has 34 heavy (non-hydrogen) atoms. The second kappa shape index (κ2) is 11.9. The molecule has 186 valence electrons. The van der Waals surface area contributed by atoms with Crippen molar-refractivity contribution >= 4 is 27.5 Å². The second-order valence-corrected chi connectivity index (χ2v) is 10.4. The monoisotopic (exact) mass is 489 g/mol. The summed E-state index contributed by atoms with van der Waals surface area (Å²) in [5.74, 6) is -0.179. The molecule has 0 aliphatic rings. The fourth-order valence-corrected chi connectivity index (χ4v) is 4.32. The summed E-state index contributed by atoms with van der Waals surface area (Å²) < 4.78 is 31.5. The summed E-state index contributed by atoms with van der Waals surface area (Å²) in [4.78, 5) is 27.7. The number of nitrogens with zero attached hydrogens (tertiary/aromatic N) is 2. The quantitative estimate of drug-likeness (QED) is 0.524. The number of nitrogens with one attached hydrogen (secondary N) is 1. The summed E-state index contributed by atoms with van der Waals surface area (Å²) in [6.45, 7) is 7.01. The highest BCUT2D eigenvalue weighted by atomic mass is 32.2. The molecule has 0 aromatic heterocycles. The van der Waals surface area contributed by atoms with Crippen LogP contribution in [0.5, 0.6) is 5.75 Å². The smallest absolute Gasteiger partial charge is 0.244 e. The summed E-state index contributed by atoms with van der Waals surface area (Å²) in [5, 5.41) is 2.82. The summed E-state index contributed by atoms with van der Waals surface area (Å²) >= 11 is 0. The van der Waals surface area contributed by atoms with E-state index in [1.54, 1.807) is 44.4 Å². The van der Waals surface area contributed by atoms with E-state index in [-0.39, 0.29) is 18.5 Å². The van der Waals surface area contributed by atoms with Gasteiger partial charge in [0, 0.05) is 12.6 Å². The number of sulfonamides is 1. The van der Waals surface area contributed by atoms with Gasteiger partial charge in [0.15, 0.2) is 0 Å². The number of carbonyl (C=O) groups is 2. The highest BCUT2D eigenvalue weighted by Gasteiger charge is 2.30. The molecule has 2 amide bonds. The van der Waals surface area contributed by atoms with Crippen LogP contribution in [0.3, 0.4) is 0 Å². The normalized spacial score (nSPS) is 12.2. The first kappa shape index (κ1) is 27.2. The van der Waals surface area contributed by atoms with Crippen LogP contribution in [0.4, 0.5) is 5.69 Å². The molecular formula is C25H35N3O5S. The van der Waals surface area contributed by atoms with Crippen LogP contribution in [-0.4, -0.2) is 57.1 Å². The zero-order valence-corrected chi connectivity index (χ0v) is 21.6. The van der Waals surface area contributed by atoms with Crippen LogP contribution in [0.15, 0.2) is 48.5 Å². The van der Waals surface area contributed by atoms with E-state index in [1.165, 1.54) is 4.90 Å². The van der Waals surface area contributed by atoms with Crippen LogP contribution in [0.1, 0.15) is 38.8 Å². The lowest BCUT2D eigenvalue weighted by molar-refractivity contribution is -0.139. The highest BCUT2D eigenvalue weighted by molar-refractivity contribution is 7.92. The van der Waals surface area contributed by atoms with E-state index >= 15 is 0 Å². The molecule has 0 spiro atoms. The third-order valence-corrected chi connectivity index (χ3v) is 6.54. The van der Waals surface area contributed by atoms with Crippen molar-refractivity contribution < 1.29 is 22.7 Å². The molecule has 0 aliphatic carbocycles. The largest absolute Gasteiger partial charge is 0.497 e. The molecular weight excluding hydrogens is 454 g/mol. The molecule has 2 rings (SSSR count). The van der Waals surface area contributed by atoms with Gasteiger partial charge < -0.3 is 15.0 Å². The number of carbonyl (C=O) groups excluding carboxylic acids is 2. The first-order chi connectivity index (χ1) is 16.0. The predicted octanol–water partition coefficient (Wildman–Crippen LogP) is 2.97. The van der Waals surface area contributed by atoms with Crippen LogP contribution in [0.2, 0.25) is 0 Å². The van der Waals surface area contributed by atoms with E-state index in [2.05, 4.69) is 5.32 Å². The molecule has 0 saturated heterocycles. The van der Waals surface area contributed by atoms with Crippen molar-refractivity contribution in [1.29, 1.82) is 0 Å². The Morgan fingerprint density at radius 2 is 1.68 bits per heavy atom. The molecule has 0 aliphatic heterocycles. The van der Waals surface area contributed by atoms with Crippen LogP contribution in [0, 0.1) is 0 Å². The molecule has 0 radical (unpaired) electrons. The van der Waals surface area contributed by atoms with Crippen LogP contribution in [0.25, 0.3) is 0 Å². The fourth-order valence-electron chi connectivity index (χ4n) is 3.47. The Kier molecular flexibility index (Phi) is 9.49. The average Bonchev–Trinajstić information content (AvgIpc) is 2.79. The van der Waals surface area contributed by atoms with E-state index in [0.717, 1.165) is 28.1 Å². The van der Waals surface area contributed by atoms with Crippen LogP contribution < -0.4 is 14.4 Å². The van der Waals surface area contributed by atoms with Gasteiger partial charge in [-0.2, -0.15) is 0 Å². The fraction of sp³-hybridized carbons (Fsp3) is 0.440. The molecule has 0 fully saturated rings. The Morgan fingerprint density at radius 3 is 2.21 bits per heavy atom. The van der Waals surface area contributed by atoms with Gasteiger partial charge in [-0.3, -0.25) is 13.9 Å². The lowest BCUT2D eigenvalue weighted by Gasteiger charge is -2.32. The number of aryl methyl sites for hydroxylation is 1. The molecule has 0 unspecified atom stereocenters. The number of benzene rings is 2. The SMILES string of the molecule is CCc1ccc(N(CC(=O)N(Cc2cccc(OC)c2)[C@@H](C)C(=O)NC(C)C)S(C)(=O)=O)cc1. The van der Waals surface area contributed by atoms with Crippen molar-refractivity contribution in [3.8, 4) is 5.75 Å². The van der Waals surface area contributed by atoms with E-state index in [1.807, 2.05) is 39.0 Å². The van der Waals surface area contributed by atoms with Crippen molar-refractivity contribution in [3.63, 3.8) is 0 Å². The minimum atomic E-state index is -3.75. The molecule has 0 saturated carbocycles. The molecule has 2 aromatic carbocycles. The minimum absolute atomic E-state index is 0.103. The zero-order valence-electron chi connectivity index (χ0n) is 20.7. The third-order valence-electron chi connectivity index (χ3n) is 5.40. The number of anilines is 1. The topological polar surface area (TPSA) is 96.0 Å². The van der Waals surface area contributed by atoms with Gasteiger partial charge in [0.05, 0.1) is 19.1 Å². The maximum absolute atomic E-state index is 13.5. The molecule has 2 aromatic rings. The van der Waals surface area contributed by atoms with Gasteiger partial charge in [0.2, 0.25) is 21.8 Å². The van der Waals surface area contributed by atoms with Crippen molar-refractivity contribution in [2.24, 2.45) is 0 Å². The Balaban J connectivity index is 2.39. The Hall–Kier alpha value is -3.07. The first-order valence-corrected chi connectivity index (χ1v) is 13.1. The number of methoxy groups -OCH3 is 1. The van der Waals surface area contributed by atoms with Crippen molar-refractivity contribution in [3.05, 3.63) is 59.7 Å². The van der Waals surface area contributed by atoms with Crippen LogP contribution >= 0.6 is 0 Å². The van der Waals surface area contributed by atoms with Gasteiger partial charge in [-0.05, 0) is 62.6 Å². The number of rotatable bonds is 11. The summed E-state index contributed by atoms with van der Waals surface area (Å²) in [7, 11) is -2.20. The third kappa shape index (κ3) is 7.48. The first-order valence-electron chi connectivity index (χ1n) is 11.3. The lowest BCUT2D eigenvalue weighted by Crippen LogP contribution is -2.52. The van der Waals surface area contributed by atoms with Gasteiger partial charge in [-0.25, -0.2) is 8.42 Å². The molecule has 9 heteroatoms. The Morgan fingerprint density at radius 1 is 1.03 bits per heavy atom. The van der Waals surface area contributed by atoms with E-state index in [9.17, 15) is 18.0 Å². The van der Waals surface area contributed by atoms with E-state index in [4.69, 9.17) is 4.74 Å².